The van der Waals surface area contributed by atoms with Gasteiger partial charge in [-0.05, 0) is 85.5 Å². The lowest BCUT2D eigenvalue weighted by molar-refractivity contribution is 0.0316. The van der Waals surface area contributed by atoms with Gasteiger partial charge in [-0.3, -0.25) is 0 Å². The third kappa shape index (κ3) is 9.85. The van der Waals surface area contributed by atoms with Crippen molar-refractivity contribution in [3.8, 4) is 5.75 Å². The first kappa shape index (κ1) is 25.2. The molecule has 3 nitrogen and oxygen atoms in total. The highest BCUT2D eigenvalue weighted by molar-refractivity contribution is 9.10. The molecule has 0 N–H and O–H groups in total. The predicted octanol–water partition coefficient (Wildman–Crippen LogP) is 8.30. The molecular weight excluding hydrogens is 440 g/mol. The van der Waals surface area contributed by atoms with Crippen LogP contribution in [0.3, 0.4) is 0 Å². The normalized spacial score (nSPS) is 15.7. The van der Waals surface area contributed by atoms with Crippen LogP contribution in [0.2, 0.25) is 0 Å². The Morgan fingerprint density at radius 2 is 1.83 bits per heavy atom. The van der Waals surface area contributed by atoms with Gasteiger partial charge in [-0.2, -0.15) is 0 Å². The van der Waals surface area contributed by atoms with E-state index in [4.69, 9.17) is 9.47 Å². The number of ether oxygens (including phenoxy) is 2. The van der Waals surface area contributed by atoms with Crippen molar-refractivity contribution in [3.63, 3.8) is 0 Å². The Labute approximate surface area is 192 Å². The summed E-state index contributed by atoms with van der Waals surface area (Å²) in [5, 5.41) is 0. The van der Waals surface area contributed by atoms with Crippen LogP contribution < -0.4 is 4.74 Å². The second-order valence-corrected chi connectivity index (χ2v) is 9.57. The molecule has 0 amide bonds. The molecule has 30 heavy (non-hydrogen) atoms. The minimum atomic E-state index is -0.252. The topological polar surface area (TPSA) is 35.5 Å². The van der Waals surface area contributed by atoms with Crippen LogP contribution >= 0.6 is 15.9 Å². The van der Waals surface area contributed by atoms with Crippen LogP contribution in [0.1, 0.15) is 108 Å². The largest absolute Gasteiger partial charge is 0.492 e. The number of esters is 1. The molecule has 0 aliphatic heterocycles. The van der Waals surface area contributed by atoms with Gasteiger partial charge in [0.2, 0.25) is 0 Å². The standard InChI is InChI=1S/C26H40BrO3/c1-3-4-5-6-7-11-19-29-25-18-17-23(20-24(25)27)26(28)30-21(2)13-12-16-22-14-9-8-10-15-22/h8,17-18,20-22H,3-7,9-16,19H2,1-2H3. The maximum atomic E-state index is 12.5. The van der Waals surface area contributed by atoms with E-state index in [1.165, 1.54) is 64.2 Å². The van der Waals surface area contributed by atoms with Gasteiger partial charge in [0.05, 0.1) is 22.7 Å². The third-order valence-corrected chi connectivity index (χ3v) is 6.63. The summed E-state index contributed by atoms with van der Waals surface area (Å²) in [5.74, 6) is 1.40. The van der Waals surface area contributed by atoms with Gasteiger partial charge in [0.25, 0.3) is 0 Å². The molecule has 1 saturated carbocycles. The molecule has 0 heterocycles. The smallest absolute Gasteiger partial charge is 0.338 e. The highest BCUT2D eigenvalue weighted by atomic mass is 79.9. The molecule has 0 spiro atoms. The second kappa shape index (κ2) is 14.9. The lowest BCUT2D eigenvalue weighted by atomic mass is 9.85. The summed E-state index contributed by atoms with van der Waals surface area (Å²) in [6, 6.07) is 5.47. The first-order valence-corrected chi connectivity index (χ1v) is 12.8. The first-order chi connectivity index (χ1) is 14.6. The zero-order valence-corrected chi connectivity index (χ0v) is 20.6. The van der Waals surface area contributed by atoms with Crippen molar-refractivity contribution in [2.75, 3.05) is 6.61 Å². The molecule has 0 saturated heterocycles. The highest BCUT2D eigenvalue weighted by Gasteiger charge is 2.16. The summed E-state index contributed by atoms with van der Waals surface area (Å²) < 4.78 is 12.3. The fourth-order valence-corrected chi connectivity index (χ4v) is 4.59. The van der Waals surface area contributed by atoms with E-state index in [0.717, 1.165) is 35.4 Å². The van der Waals surface area contributed by atoms with E-state index >= 15 is 0 Å². The van der Waals surface area contributed by atoms with E-state index in [0.29, 0.717) is 12.2 Å². The minimum absolute atomic E-state index is 0.0462. The van der Waals surface area contributed by atoms with Gasteiger partial charge >= 0.3 is 5.97 Å². The Hall–Kier alpha value is -1.03. The SMILES string of the molecule is CCCCCCCCOc1ccc(C(=O)OC(C)CCCC2CC[CH]CC2)cc1Br. The number of hydrogen-bond donors (Lipinski definition) is 0. The zero-order chi connectivity index (χ0) is 21.6. The van der Waals surface area contributed by atoms with E-state index in [-0.39, 0.29) is 12.1 Å². The number of carbonyl (C=O) groups excluding carboxylic acids is 1. The summed E-state index contributed by atoms with van der Waals surface area (Å²) in [7, 11) is 0. The van der Waals surface area contributed by atoms with Crippen molar-refractivity contribution < 1.29 is 14.3 Å². The molecule has 1 fully saturated rings. The Kier molecular flexibility index (Phi) is 12.5. The first-order valence-electron chi connectivity index (χ1n) is 12.0. The van der Waals surface area contributed by atoms with Crippen molar-refractivity contribution in [2.45, 2.75) is 103 Å². The Morgan fingerprint density at radius 1 is 1.10 bits per heavy atom. The monoisotopic (exact) mass is 479 g/mol. The number of benzene rings is 1. The number of rotatable bonds is 14. The summed E-state index contributed by atoms with van der Waals surface area (Å²) in [5.41, 5.74) is 0.573. The van der Waals surface area contributed by atoms with Crippen molar-refractivity contribution in [2.24, 2.45) is 5.92 Å². The third-order valence-electron chi connectivity index (χ3n) is 6.01. The van der Waals surface area contributed by atoms with Crippen molar-refractivity contribution in [3.05, 3.63) is 34.7 Å². The molecule has 1 aromatic rings. The summed E-state index contributed by atoms with van der Waals surface area (Å²) in [6.45, 7) is 4.95. The summed E-state index contributed by atoms with van der Waals surface area (Å²) in [4.78, 5) is 12.5. The number of unbranched alkanes of at least 4 members (excludes halogenated alkanes) is 5. The van der Waals surface area contributed by atoms with Crippen LogP contribution in [0.15, 0.2) is 22.7 Å². The zero-order valence-electron chi connectivity index (χ0n) is 19.0. The molecule has 2 rings (SSSR count). The van der Waals surface area contributed by atoms with Crippen molar-refractivity contribution >= 4 is 21.9 Å². The van der Waals surface area contributed by atoms with E-state index in [1.807, 2.05) is 19.1 Å². The molecular formula is C26H40BrO3. The van der Waals surface area contributed by atoms with Crippen LogP contribution in [-0.2, 0) is 4.74 Å². The highest BCUT2D eigenvalue weighted by Crippen LogP contribution is 2.29. The molecule has 1 atom stereocenters. The predicted molar refractivity (Wildman–Crippen MR) is 128 cm³/mol. The number of halogens is 1. The Balaban J connectivity index is 1.66. The second-order valence-electron chi connectivity index (χ2n) is 8.72. The van der Waals surface area contributed by atoms with Crippen LogP contribution in [-0.4, -0.2) is 18.7 Å². The van der Waals surface area contributed by atoms with E-state index < -0.39 is 0 Å². The van der Waals surface area contributed by atoms with E-state index in [1.54, 1.807) is 6.07 Å². The maximum Gasteiger partial charge on any atom is 0.338 e. The summed E-state index contributed by atoms with van der Waals surface area (Å²) >= 11 is 3.54. The molecule has 1 aliphatic rings. The van der Waals surface area contributed by atoms with Crippen LogP contribution in [0.25, 0.3) is 0 Å². The van der Waals surface area contributed by atoms with Crippen molar-refractivity contribution in [1.82, 2.24) is 0 Å². The number of carbonyl (C=O) groups is 1. The van der Waals surface area contributed by atoms with E-state index in [2.05, 4.69) is 29.3 Å². The molecule has 0 aromatic heterocycles. The van der Waals surface area contributed by atoms with Gasteiger partial charge in [0, 0.05) is 0 Å². The van der Waals surface area contributed by atoms with Crippen LogP contribution in [0.5, 0.6) is 5.75 Å². The summed E-state index contributed by atoms with van der Waals surface area (Å²) in [6.07, 6.45) is 18.3. The minimum Gasteiger partial charge on any atom is -0.492 e. The Bertz CT molecular complexity index is 610. The fraction of sp³-hybridized carbons (Fsp3) is 0.692. The Morgan fingerprint density at radius 3 is 2.57 bits per heavy atom. The van der Waals surface area contributed by atoms with Crippen LogP contribution in [0.4, 0.5) is 0 Å². The lowest BCUT2D eigenvalue weighted by Gasteiger charge is -2.22. The van der Waals surface area contributed by atoms with Gasteiger partial charge in [0.1, 0.15) is 5.75 Å². The van der Waals surface area contributed by atoms with E-state index in [9.17, 15) is 4.79 Å². The van der Waals surface area contributed by atoms with Gasteiger partial charge in [-0.15, -0.1) is 0 Å². The molecule has 1 radical (unpaired) electrons. The molecule has 1 unspecified atom stereocenters. The van der Waals surface area contributed by atoms with Gasteiger partial charge in [-0.25, -0.2) is 4.79 Å². The maximum absolute atomic E-state index is 12.5. The average molecular weight is 481 g/mol. The molecule has 4 heteroatoms. The molecule has 1 aliphatic carbocycles. The average Bonchev–Trinajstić information content (AvgIpc) is 2.74. The quantitative estimate of drug-likeness (QED) is 0.198. The molecule has 1 aromatic carbocycles. The molecule has 0 bridgehead atoms. The fourth-order valence-electron chi connectivity index (χ4n) is 4.10. The van der Waals surface area contributed by atoms with Crippen molar-refractivity contribution in [1.29, 1.82) is 0 Å². The van der Waals surface area contributed by atoms with Crippen LogP contribution in [0, 0.1) is 12.3 Å². The van der Waals surface area contributed by atoms with Gasteiger partial charge in [-0.1, -0.05) is 58.3 Å². The molecule has 169 valence electrons. The van der Waals surface area contributed by atoms with Gasteiger partial charge in [0.15, 0.2) is 0 Å². The lowest BCUT2D eigenvalue weighted by Crippen LogP contribution is -2.16. The van der Waals surface area contributed by atoms with Gasteiger partial charge < -0.3 is 9.47 Å². The number of hydrogen-bond acceptors (Lipinski definition) is 3.